The lowest BCUT2D eigenvalue weighted by molar-refractivity contribution is 0.0327. The Morgan fingerprint density at radius 3 is 2.44 bits per heavy atom. The van der Waals surface area contributed by atoms with Gasteiger partial charge in [-0.2, -0.15) is 0 Å². The molecule has 1 atom stereocenters. The summed E-state index contributed by atoms with van der Waals surface area (Å²) in [6, 6.07) is 18.1. The molecule has 0 aliphatic carbocycles. The number of fused-ring (bicyclic) bond motifs is 1. The second-order valence-corrected chi connectivity index (χ2v) is 7.30. The van der Waals surface area contributed by atoms with Crippen LogP contribution >= 0.6 is 0 Å². The first-order valence-electron chi connectivity index (χ1n) is 9.66. The lowest BCUT2D eigenvalue weighted by Crippen LogP contribution is -2.39. The van der Waals surface area contributed by atoms with E-state index in [1.807, 2.05) is 36.4 Å². The molecule has 4 rings (SSSR count). The van der Waals surface area contributed by atoms with Crippen LogP contribution in [-0.2, 0) is 4.74 Å². The van der Waals surface area contributed by atoms with Crippen molar-refractivity contribution in [1.82, 2.24) is 9.47 Å². The minimum atomic E-state index is 0.0987. The van der Waals surface area contributed by atoms with Crippen LogP contribution in [0, 0.1) is 6.92 Å². The quantitative estimate of drug-likeness (QED) is 0.642. The maximum absolute atomic E-state index is 13.3. The number of hydrogen-bond donors (Lipinski definition) is 0. The fourth-order valence-corrected chi connectivity index (χ4v) is 4.22. The van der Waals surface area contributed by atoms with Gasteiger partial charge in [0, 0.05) is 47.8 Å². The Morgan fingerprint density at radius 1 is 1.04 bits per heavy atom. The number of nitrogens with zero attached hydrogens (tertiary/aromatic N) is 2. The predicted octanol–water partition coefficient (Wildman–Crippen LogP) is 4.07. The molecule has 0 amide bonds. The normalized spacial score (nSPS) is 16.5. The van der Waals surface area contributed by atoms with Gasteiger partial charge in [0.15, 0.2) is 5.78 Å². The Balaban J connectivity index is 1.75. The summed E-state index contributed by atoms with van der Waals surface area (Å²) in [5.41, 5.74) is 3.75. The first kappa shape index (κ1) is 18.0. The summed E-state index contributed by atoms with van der Waals surface area (Å²) in [6.07, 6.45) is 0. The van der Waals surface area contributed by atoms with Gasteiger partial charge in [-0.1, -0.05) is 48.5 Å². The van der Waals surface area contributed by atoms with Crippen molar-refractivity contribution in [3.8, 4) is 0 Å². The van der Waals surface area contributed by atoms with Crippen LogP contribution < -0.4 is 0 Å². The van der Waals surface area contributed by atoms with E-state index in [0.29, 0.717) is 0 Å². The lowest BCUT2D eigenvalue weighted by atomic mass is 10.0. The van der Waals surface area contributed by atoms with Crippen molar-refractivity contribution >= 4 is 16.7 Å². The molecule has 140 valence electrons. The maximum Gasteiger partial charge on any atom is 0.195 e. The highest BCUT2D eigenvalue weighted by molar-refractivity contribution is 6.17. The zero-order valence-electron chi connectivity index (χ0n) is 16.0. The average molecular weight is 362 g/mol. The summed E-state index contributed by atoms with van der Waals surface area (Å²) in [4.78, 5) is 15.7. The van der Waals surface area contributed by atoms with E-state index >= 15 is 0 Å². The summed E-state index contributed by atoms with van der Waals surface area (Å²) in [6.45, 7) is 8.82. The van der Waals surface area contributed by atoms with Gasteiger partial charge >= 0.3 is 0 Å². The van der Waals surface area contributed by atoms with E-state index in [-0.39, 0.29) is 11.8 Å². The van der Waals surface area contributed by atoms with Crippen molar-refractivity contribution in [1.29, 1.82) is 0 Å². The number of carbonyl (C=O) groups is 1. The Labute approximate surface area is 160 Å². The van der Waals surface area contributed by atoms with Gasteiger partial charge in [0.1, 0.15) is 0 Å². The van der Waals surface area contributed by atoms with Gasteiger partial charge in [-0.05, 0) is 19.9 Å². The highest BCUT2D eigenvalue weighted by Crippen LogP contribution is 2.31. The second kappa shape index (κ2) is 7.67. The van der Waals surface area contributed by atoms with Crippen LogP contribution in [-0.4, -0.2) is 48.1 Å². The van der Waals surface area contributed by atoms with E-state index < -0.39 is 0 Å². The minimum Gasteiger partial charge on any atom is -0.379 e. The molecule has 0 N–H and O–H groups in total. The van der Waals surface area contributed by atoms with Crippen LogP contribution in [0.25, 0.3) is 10.9 Å². The van der Waals surface area contributed by atoms with E-state index in [0.717, 1.165) is 60.6 Å². The smallest absolute Gasteiger partial charge is 0.195 e. The molecular formula is C23H26N2O2. The Morgan fingerprint density at radius 2 is 1.70 bits per heavy atom. The molecule has 1 saturated heterocycles. The third-order valence-electron chi connectivity index (χ3n) is 5.49. The minimum absolute atomic E-state index is 0.0987. The van der Waals surface area contributed by atoms with Crippen LogP contribution in [0.1, 0.15) is 34.6 Å². The van der Waals surface area contributed by atoms with Gasteiger partial charge in [-0.3, -0.25) is 9.69 Å². The average Bonchev–Trinajstić information content (AvgIpc) is 3.00. The summed E-state index contributed by atoms with van der Waals surface area (Å²) >= 11 is 0. The third kappa shape index (κ3) is 3.43. The fraction of sp³-hybridized carbons (Fsp3) is 0.348. The molecule has 2 aromatic carbocycles. The van der Waals surface area contributed by atoms with E-state index in [1.165, 1.54) is 0 Å². The van der Waals surface area contributed by atoms with Gasteiger partial charge in [0.25, 0.3) is 0 Å². The molecule has 1 aliphatic rings. The van der Waals surface area contributed by atoms with Gasteiger partial charge in [0.2, 0.25) is 0 Å². The number of morpholine rings is 1. The highest BCUT2D eigenvalue weighted by Gasteiger charge is 2.24. The predicted molar refractivity (Wildman–Crippen MR) is 109 cm³/mol. The monoisotopic (exact) mass is 362 g/mol. The van der Waals surface area contributed by atoms with Crippen LogP contribution in [0.4, 0.5) is 0 Å². The molecule has 1 unspecified atom stereocenters. The Kier molecular flexibility index (Phi) is 5.10. The molecule has 0 radical (unpaired) electrons. The summed E-state index contributed by atoms with van der Waals surface area (Å²) < 4.78 is 7.81. The topological polar surface area (TPSA) is 34.5 Å². The van der Waals surface area contributed by atoms with Crippen LogP contribution in [0.3, 0.4) is 0 Å². The number of aromatic nitrogens is 1. The molecule has 4 nitrogen and oxygen atoms in total. The van der Waals surface area contributed by atoms with E-state index in [1.54, 1.807) is 0 Å². The van der Waals surface area contributed by atoms with Crippen molar-refractivity contribution < 1.29 is 9.53 Å². The molecule has 3 aromatic rings. The Hall–Kier alpha value is -2.43. The van der Waals surface area contributed by atoms with Crippen molar-refractivity contribution in [3.05, 3.63) is 71.4 Å². The van der Waals surface area contributed by atoms with Gasteiger partial charge in [-0.25, -0.2) is 0 Å². The zero-order valence-corrected chi connectivity index (χ0v) is 16.0. The first-order valence-corrected chi connectivity index (χ1v) is 9.66. The maximum atomic E-state index is 13.3. The van der Waals surface area contributed by atoms with Crippen LogP contribution in [0.5, 0.6) is 0 Å². The van der Waals surface area contributed by atoms with Gasteiger partial charge in [0.05, 0.1) is 18.8 Å². The number of carbonyl (C=O) groups excluding carboxylic acids is 1. The van der Waals surface area contributed by atoms with Crippen molar-refractivity contribution in [2.24, 2.45) is 0 Å². The standard InChI is InChI=1S/C23H26N2O2/c1-17(16-24-12-14-27-15-13-24)25-18(2)22(20-10-6-7-11-21(20)25)23(26)19-8-4-3-5-9-19/h3-11,17H,12-16H2,1-2H3. The number of rotatable bonds is 5. The van der Waals surface area contributed by atoms with E-state index in [4.69, 9.17) is 4.74 Å². The third-order valence-corrected chi connectivity index (χ3v) is 5.49. The number of ketones is 1. The first-order chi connectivity index (χ1) is 13.2. The van der Waals surface area contributed by atoms with E-state index in [2.05, 4.69) is 41.5 Å². The van der Waals surface area contributed by atoms with Gasteiger partial charge in [-0.15, -0.1) is 0 Å². The Bertz CT molecular complexity index is 940. The molecular weight excluding hydrogens is 336 g/mol. The number of ether oxygens (including phenoxy) is 1. The van der Waals surface area contributed by atoms with Crippen molar-refractivity contribution in [2.75, 3.05) is 32.8 Å². The summed E-state index contributed by atoms with van der Waals surface area (Å²) in [5, 5.41) is 1.04. The molecule has 27 heavy (non-hydrogen) atoms. The molecule has 1 aliphatic heterocycles. The van der Waals surface area contributed by atoms with Crippen molar-refractivity contribution in [3.63, 3.8) is 0 Å². The largest absolute Gasteiger partial charge is 0.379 e. The molecule has 1 fully saturated rings. The molecule has 1 aromatic heterocycles. The number of benzene rings is 2. The lowest BCUT2D eigenvalue weighted by Gasteiger charge is -2.30. The fourth-order valence-electron chi connectivity index (χ4n) is 4.22. The number of hydrogen-bond acceptors (Lipinski definition) is 3. The molecule has 0 bridgehead atoms. The highest BCUT2D eigenvalue weighted by atomic mass is 16.5. The molecule has 4 heteroatoms. The van der Waals surface area contributed by atoms with Gasteiger partial charge < -0.3 is 9.30 Å². The summed E-state index contributed by atoms with van der Waals surface area (Å²) in [5.74, 6) is 0.0987. The van der Waals surface area contributed by atoms with E-state index in [9.17, 15) is 4.79 Å². The second-order valence-electron chi connectivity index (χ2n) is 7.30. The SMILES string of the molecule is Cc1c(C(=O)c2ccccc2)c2ccccc2n1C(C)CN1CCOCC1. The van der Waals surface area contributed by atoms with Crippen LogP contribution in [0.2, 0.25) is 0 Å². The van der Waals surface area contributed by atoms with Crippen LogP contribution in [0.15, 0.2) is 54.6 Å². The summed E-state index contributed by atoms with van der Waals surface area (Å²) in [7, 11) is 0. The molecule has 0 spiro atoms. The molecule has 0 saturated carbocycles. The van der Waals surface area contributed by atoms with Crippen molar-refractivity contribution in [2.45, 2.75) is 19.9 Å². The number of para-hydroxylation sites is 1. The molecule has 2 heterocycles. The zero-order chi connectivity index (χ0) is 18.8.